The Labute approximate surface area is 129 Å². The van der Waals surface area contributed by atoms with Crippen molar-refractivity contribution in [3.63, 3.8) is 0 Å². The molecule has 0 amide bonds. The normalized spacial score (nSPS) is 12.8. The monoisotopic (exact) mass is 296 g/mol. The smallest absolute Gasteiger partial charge is 0.0884 e. The highest BCUT2D eigenvalue weighted by atomic mass is 32.1. The van der Waals surface area contributed by atoms with Gasteiger partial charge in [-0.25, -0.2) is 0 Å². The van der Waals surface area contributed by atoms with E-state index in [0.29, 0.717) is 0 Å². The molecule has 0 fully saturated rings. The minimum Gasteiger partial charge on any atom is -0.388 e. The Kier molecular flexibility index (Phi) is 10.0. The van der Waals surface area contributed by atoms with Crippen molar-refractivity contribution in [2.75, 3.05) is 0 Å². The molecular formula is C18H32OS. The molecule has 1 heterocycles. The van der Waals surface area contributed by atoms with Crippen LogP contribution in [-0.2, 0) is 0 Å². The highest BCUT2D eigenvalue weighted by molar-refractivity contribution is 7.10. The number of aliphatic hydroxyl groups excluding tert-OH is 1. The lowest BCUT2D eigenvalue weighted by Crippen LogP contribution is -1.96. The second-order valence-electron chi connectivity index (χ2n) is 5.95. The molecule has 0 aromatic carbocycles. The first-order valence-electron chi connectivity index (χ1n) is 8.47. The molecule has 2 heteroatoms. The van der Waals surface area contributed by atoms with Crippen LogP contribution in [0.25, 0.3) is 0 Å². The summed E-state index contributed by atoms with van der Waals surface area (Å²) >= 11 is 1.69. The number of thiophene rings is 1. The van der Waals surface area contributed by atoms with Crippen LogP contribution >= 0.6 is 11.3 Å². The molecule has 0 aliphatic heterocycles. The van der Waals surface area contributed by atoms with Crippen LogP contribution in [0, 0.1) is 6.92 Å². The number of hydrogen-bond donors (Lipinski definition) is 1. The van der Waals surface area contributed by atoms with E-state index in [1.807, 2.05) is 0 Å². The Bertz CT molecular complexity index is 332. The molecule has 1 aromatic heterocycles. The molecule has 1 unspecified atom stereocenters. The summed E-state index contributed by atoms with van der Waals surface area (Å²) in [6.07, 6.45) is 14.2. The van der Waals surface area contributed by atoms with Crippen molar-refractivity contribution in [1.82, 2.24) is 0 Å². The summed E-state index contributed by atoms with van der Waals surface area (Å²) in [7, 11) is 0. The van der Waals surface area contributed by atoms with Crippen molar-refractivity contribution in [2.45, 2.75) is 90.6 Å². The van der Waals surface area contributed by atoms with E-state index in [2.05, 4.69) is 25.3 Å². The summed E-state index contributed by atoms with van der Waals surface area (Å²) in [4.78, 5) is 1.17. The van der Waals surface area contributed by atoms with Gasteiger partial charge in [0.2, 0.25) is 0 Å². The fraction of sp³-hybridized carbons (Fsp3) is 0.778. The largest absolute Gasteiger partial charge is 0.388 e. The number of hydrogen-bond acceptors (Lipinski definition) is 2. The van der Waals surface area contributed by atoms with Crippen LogP contribution in [0.2, 0.25) is 0 Å². The maximum atomic E-state index is 10.1. The Morgan fingerprint density at radius 2 is 1.50 bits per heavy atom. The molecule has 116 valence electrons. The minimum atomic E-state index is -0.232. The van der Waals surface area contributed by atoms with Crippen LogP contribution in [-0.4, -0.2) is 5.11 Å². The molecule has 1 N–H and O–H groups in total. The Balaban J connectivity index is 1.91. The number of aliphatic hydroxyl groups is 1. The standard InChI is InChI=1S/C18H32OS/c1-3-4-5-6-7-8-9-10-11-12-13-17(19)18-16(2)14-15-20-18/h14-15,17,19H,3-13H2,1-2H3. The molecule has 0 bridgehead atoms. The number of unbranched alkanes of at least 4 members (excludes halogenated alkanes) is 9. The molecule has 0 radical (unpaired) electrons. The quantitative estimate of drug-likeness (QED) is 0.442. The van der Waals surface area contributed by atoms with Gasteiger partial charge in [-0.1, -0.05) is 71.1 Å². The van der Waals surface area contributed by atoms with Crippen LogP contribution in [0.4, 0.5) is 0 Å². The van der Waals surface area contributed by atoms with Crippen LogP contribution in [0.5, 0.6) is 0 Å². The first-order valence-corrected chi connectivity index (χ1v) is 9.35. The molecular weight excluding hydrogens is 264 g/mol. The molecule has 0 saturated heterocycles. The predicted octanol–water partition coefficient (Wildman–Crippen LogP) is 6.40. The van der Waals surface area contributed by atoms with E-state index >= 15 is 0 Å². The molecule has 1 rings (SSSR count). The summed E-state index contributed by atoms with van der Waals surface area (Å²) in [5.74, 6) is 0. The fourth-order valence-corrected chi connectivity index (χ4v) is 3.63. The van der Waals surface area contributed by atoms with Gasteiger partial charge in [0.05, 0.1) is 6.10 Å². The van der Waals surface area contributed by atoms with Crippen molar-refractivity contribution in [3.8, 4) is 0 Å². The molecule has 0 spiro atoms. The van der Waals surface area contributed by atoms with Crippen LogP contribution in [0.3, 0.4) is 0 Å². The van der Waals surface area contributed by atoms with Crippen molar-refractivity contribution < 1.29 is 5.11 Å². The first-order chi connectivity index (χ1) is 9.75. The number of aryl methyl sites for hydroxylation is 1. The van der Waals surface area contributed by atoms with Gasteiger partial charge in [-0.15, -0.1) is 11.3 Å². The first kappa shape index (κ1) is 17.7. The van der Waals surface area contributed by atoms with Crippen LogP contribution in [0.15, 0.2) is 11.4 Å². The maximum absolute atomic E-state index is 10.1. The van der Waals surface area contributed by atoms with Gasteiger partial charge in [-0.2, -0.15) is 0 Å². The lowest BCUT2D eigenvalue weighted by atomic mass is 10.0. The molecule has 0 aliphatic rings. The molecule has 1 aromatic rings. The Morgan fingerprint density at radius 1 is 0.950 bits per heavy atom. The van der Waals surface area contributed by atoms with Crippen molar-refractivity contribution in [2.24, 2.45) is 0 Å². The highest BCUT2D eigenvalue weighted by Gasteiger charge is 2.10. The molecule has 0 saturated carbocycles. The van der Waals surface area contributed by atoms with Gasteiger partial charge in [0.15, 0.2) is 0 Å². The van der Waals surface area contributed by atoms with Gasteiger partial charge in [-0.05, 0) is 30.4 Å². The van der Waals surface area contributed by atoms with Crippen molar-refractivity contribution in [3.05, 3.63) is 21.9 Å². The third kappa shape index (κ3) is 7.44. The zero-order valence-corrected chi connectivity index (χ0v) is 14.2. The van der Waals surface area contributed by atoms with Gasteiger partial charge in [0.1, 0.15) is 0 Å². The third-order valence-electron chi connectivity index (χ3n) is 4.04. The van der Waals surface area contributed by atoms with Crippen molar-refractivity contribution >= 4 is 11.3 Å². The maximum Gasteiger partial charge on any atom is 0.0884 e. The second kappa shape index (κ2) is 11.3. The minimum absolute atomic E-state index is 0.232. The highest BCUT2D eigenvalue weighted by Crippen LogP contribution is 2.27. The summed E-state index contributed by atoms with van der Waals surface area (Å²) in [5, 5.41) is 12.2. The van der Waals surface area contributed by atoms with E-state index < -0.39 is 0 Å². The van der Waals surface area contributed by atoms with Gasteiger partial charge in [0.25, 0.3) is 0 Å². The van der Waals surface area contributed by atoms with E-state index in [9.17, 15) is 5.11 Å². The Morgan fingerprint density at radius 3 is 2.00 bits per heavy atom. The van der Waals surface area contributed by atoms with Crippen LogP contribution in [0.1, 0.15) is 94.1 Å². The van der Waals surface area contributed by atoms with E-state index in [1.165, 1.54) is 68.2 Å². The fourth-order valence-electron chi connectivity index (χ4n) is 2.68. The zero-order chi connectivity index (χ0) is 14.6. The van der Waals surface area contributed by atoms with Crippen LogP contribution < -0.4 is 0 Å². The Hall–Kier alpha value is -0.340. The molecule has 1 nitrogen and oxygen atoms in total. The van der Waals surface area contributed by atoms with Gasteiger partial charge < -0.3 is 5.11 Å². The van der Waals surface area contributed by atoms with Gasteiger partial charge in [0, 0.05) is 4.88 Å². The summed E-state index contributed by atoms with van der Waals surface area (Å²) in [6, 6.07) is 2.10. The second-order valence-corrected chi connectivity index (χ2v) is 6.90. The zero-order valence-electron chi connectivity index (χ0n) is 13.4. The predicted molar refractivity (Wildman–Crippen MR) is 90.5 cm³/mol. The summed E-state index contributed by atoms with van der Waals surface area (Å²) < 4.78 is 0. The van der Waals surface area contributed by atoms with E-state index in [-0.39, 0.29) is 6.10 Å². The lowest BCUT2D eigenvalue weighted by molar-refractivity contribution is 0.166. The average Bonchev–Trinajstić information content (AvgIpc) is 2.87. The van der Waals surface area contributed by atoms with Gasteiger partial charge in [-0.3, -0.25) is 0 Å². The SMILES string of the molecule is CCCCCCCCCCCCC(O)c1sccc1C. The topological polar surface area (TPSA) is 20.2 Å². The summed E-state index contributed by atoms with van der Waals surface area (Å²) in [5.41, 5.74) is 1.24. The third-order valence-corrected chi connectivity index (χ3v) is 5.16. The van der Waals surface area contributed by atoms with E-state index in [0.717, 1.165) is 12.8 Å². The lowest BCUT2D eigenvalue weighted by Gasteiger charge is -2.09. The van der Waals surface area contributed by atoms with E-state index in [1.54, 1.807) is 11.3 Å². The van der Waals surface area contributed by atoms with Gasteiger partial charge >= 0.3 is 0 Å². The van der Waals surface area contributed by atoms with Crippen molar-refractivity contribution in [1.29, 1.82) is 0 Å². The average molecular weight is 297 g/mol. The summed E-state index contributed by atoms with van der Waals surface area (Å²) in [6.45, 7) is 4.36. The molecule has 20 heavy (non-hydrogen) atoms. The van der Waals surface area contributed by atoms with E-state index in [4.69, 9.17) is 0 Å². The number of rotatable bonds is 12. The molecule has 1 atom stereocenters. The molecule has 0 aliphatic carbocycles.